The first kappa shape index (κ1) is 27.4. The molecule has 0 spiro atoms. The molecule has 3 aromatic rings. The summed E-state index contributed by atoms with van der Waals surface area (Å²) < 4.78 is 17.0. The van der Waals surface area contributed by atoms with Gasteiger partial charge < -0.3 is 23.8 Å². The first-order chi connectivity index (χ1) is 15.9. The van der Waals surface area contributed by atoms with Crippen LogP contribution in [0.15, 0.2) is 64.3 Å². The number of unbranched alkanes of at least 4 members (excludes halogenated alkanes) is 2. The van der Waals surface area contributed by atoms with Crippen molar-refractivity contribution >= 4 is 22.7 Å². The Labute approximate surface area is 219 Å². The van der Waals surface area contributed by atoms with E-state index in [2.05, 4.69) is 6.58 Å². The van der Waals surface area contributed by atoms with Gasteiger partial charge in [0, 0.05) is 17.2 Å². The number of carboxylic acid groups (broad SMARTS) is 1. The van der Waals surface area contributed by atoms with Gasteiger partial charge in [0.15, 0.2) is 17.0 Å². The Hall–Kier alpha value is -2.87. The standard InChI is InChI=1S/C26H26O7.Na/c1-3-7-21-23(13-12-20-22(28)16-24(26(29)30)33-25(20)21)32-15-6-4-5-14-31-19-10-8-18(9-11-19)17(2)27;/h3,8-13,16H,1,4-7,14-15H2,2H3,(H,29,30);/q;+1/p-1. The van der Waals surface area contributed by atoms with Crippen molar-refractivity contribution in [3.05, 3.63) is 82.2 Å². The summed E-state index contributed by atoms with van der Waals surface area (Å²) in [5.74, 6) is -0.819. The molecule has 2 aromatic carbocycles. The number of carbonyl (C=O) groups is 2. The van der Waals surface area contributed by atoms with Gasteiger partial charge >= 0.3 is 29.6 Å². The van der Waals surface area contributed by atoms with Gasteiger partial charge in [0.2, 0.25) is 0 Å². The van der Waals surface area contributed by atoms with Crippen LogP contribution in [0.3, 0.4) is 0 Å². The molecule has 3 rings (SSSR count). The van der Waals surface area contributed by atoms with Crippen molar-refractivity contribution in [2.45, 2.75) is 32.6 Å². The van der Waals surface area contributed by atoms with Crippen LogP contribution in [0, 0.1) is 0 Å². The summed E-state index contributed by atoms with van der Waals surface area (Å²) in [4.78, 5) is 34.7. The minimum Gasteiger partial charge on any atom is -0.542 e. The summed E-state index contributed by atoms with van der Waals surface area (Å²) in [6.07, 6.45) is 4.47. The Kier molecular flexibility index (Phi) is 10.6. The predicted octanol–water partition coefficient (Wildman–Crippen LogP) is 0.720. The third kappa shape index (κ3) is 7.06. The van der Waals surface area contributed by atoms with Crippen molar-refractivity contribution in [3.8, 4) is 11.5 Å². The van der Waals surface area contributed by atoms with E-state index < -0.39 is 17.2 Å². The van der Waals surface area contributed by atoms with E-state index in [4.69, 9.17) is 13.9 Å². The van der Waals surface area contributed by atoms with Crippen molar-refractivity contribution in [2.75, 3.05) is 13.2 Å². The molecule has 1 heterocycles. The smallest absolute Gasteiger partial charge is 0.542 e. The summed E-state index contributed by atoms with van der Waals surface area (Å²) in [5, 5.41) is 11.4. The average Bonchev–Trinajstić information content (AvgIpc) is 2.79. The molecular formula is C26H25NaO7. The molecular weight excluding hydrogens is 447 g/mol. The number of benzene rings is 2. The number of hydrogen-bond acceptors (Lipinski definition) is 7. The number of ketones is 1. The van der Waals surface area contributed by atoms with Crippen LogP contribution >= 0.6 is 0 Å². The van der Waals surface area contributed by atoms with Gasteiger partial charge in [0.25, 0.3) is 0 Å². The first-order valence-electron chi connectivity index (χ1n) is 10.7. The zero-order valence-electron chi connectivity index (χ0n) is 19.4. The molecule has 0 atom stereocenters. The molecule has 0 saturated carbocycles. The van der Waals surface area contributed by atoms with Crippen LogP contribution in [0.25, 0.3) is 11.0 Å². The van der Waals surface area contributed by atoms with Crippen LogP contribution in [-0.4, -0.2) is 25.0 Å². The molecule has 172 valence electrons. The summed E-state index contributed by atoms with van der Waals surface area (Å²) >= 11 is 0. The third-order valence-electron chi connectivity index (χ3n) is 5.08. The Morgan fingerprint density at radius 2 is 1.71 bits per heavy atom. The van der Waals surface area contributed by atoms with Crippen LogP contribution < -0.4 is 49.6 Å². The van der Waals surface area contributed by atoms with E-state index in [0.29, 0.717) is 36.5 Å². The van der Waals surface area contributed by atoms with E-state index in [-0.39, 0.29) is 46.3 Å². The number of ether oxygens (including phenoxy) is 2. The molecule has 0 fully saturated rings. The second-order valence-electron chi connectivity index (χ2n) is 7.51. The van der Waals surface area contributed by atoms with Gasteiger partial charge in [-0.1, -0.05) is 6.08 Å². The van der Waals surface area contributed by atoms with E-state index >= 15 is 0 Å². The predicted molar refractivity (Wildman–Crippen MR) is 122 cm³/mol. The van der Waals surface area contributed by atoms with Crippen LogP contribution in [0.4, 0.5) is 0 Å². The van der Waals surface area contributed by atoms with E-state index in [1.165, 1.54) is 6.92 Å². The SMILES string of the molecule is C=CCc1c(OCCCCCOc2ccc(C(C)=O)cc2)ccc2c(=O)cc(C(=O)[O-])oc12.[Na+]. The fraction of sp³-hybridized carbons (Fsp3) is 0.269. The summed E-state index contributed by atoms with van der Waals surface area (Å²) in [6.45, 7) is 6.23. The largest absolute Gasteiger partial charge is 1.00 e. The number of carbonyl (C=O) groups excluding carboxylic acids is 2. The molecule has 0 radical (unpaired) electrons. The second-order valence-corrected chi connectivity index (χ2v) is 7.51. The Balaban J connectivity index is 0.00000408. The molecule has 1 aromatic heterocycles. The van der Waals surface area contributed by atoms with Crippen molar-refractivity contribution in [1.29, 1.82) is 0 Å². The maximum absolute atomic E-state index is 12.2. The van der Waals surface area contributed by atoms with Crippen molar-refractivity contribution < 1.29 is 58.1 Å². The van der Waals surface area contributed by atoms with Gasteiger partial charge in [-0.25, -0.2) is 0 Å². The number of allylic oxidation sites excluding steroid dienone is 1. The molecule has 0 unspecified atom stereocenters. The monoisotopic (exact) mass is 472 g/mol. The van der Waals surface area contributed by atoms with E-state index in [1.807, 2.05) is 0 Å². The average molecular weight is 472 g/mol. The Bertz CT molecular complexity index is 1210. The Morgan fingerprint density at radius 1 is 1.03 bits per heavy atom. The molecule has 0 bridgehead atoms. The number of carboxylic acids is 1. The fourth-order valence-electron chi connectivity index (χ4n) is 3.37. The molecule has 0 aliphatic heterocycles. The van der Waals surface area contributed by atoms with E-state index in [1.54, 1.807) is 42.5 Å². The molecule has 0 aliphatic carbocycles. The maximum Gasteiger partial charge on any atom is 1.00 e. The Morgan fingerprint density at radius 3 is 2.32 bits per heavy atom. The van der Waals surface area contributed by atoms with Gasteiger partial charge in [-0.3, -0.25) is 9.59 Å². The van der Waals surface area contributed by atoms with Gasteiger partial charge in [-0.15, -0.1) is 6.58 Å². The fourth-order valence-corrected chi connectivity index (χ4v) is 3.37. The van der Waals surface area contributed by atoms with Crippen LogP contribution in [0.5, 0.6) is 11.5 Å². The summed E-state index contributed by atoms with van der Waals surface area (Å²) in [7, 11) is 0. The minimum absolute atomic E-state index is 0. The van der Waals surface area contributed by atoms with Crippen LogP contribution in [-0.2, 0) is 6.42 Å². The molecule has 8 heteroatoms. The van der Waals surface area contributed by atoms with Crippen molar-refractivity contribution in [1.82, 2.24) is 0 Å². The van der Waals surface area contributed by atoms with E-state index in [0.717, 1.165) is 31.1 Å². The van der Waals surface area contributed by atoms with Crippen molar-refractivity contribution in [2.24, 2.45) is 0 Å². The van der Waals surface area contributed by atoms with Gasteiger partial charge in [-0.2, -0.15) is 0 Å². The summed E-state index contributed by atoms with van der Waals surface area (Å²) in [5.41, 5.74) is 0.936. The molecule has 0 N–H and O–H groups in total. The van der Waals surface area contributed by atoms with Crippen LogP contribution in [0.1, 0.15) is 52.7 Å². The third-order valence-corrected chi connectivity index (χ3v) is 5.08. The zero-order valence-corrected chi connectivity index (χ0v) is 21.4. The van der Waals surface area contributed by atoms with Crippen LogP contribution in [0.2, 0.25) is 0 Å². The van der Waals surface area contributed by atoms with Gasteiger partial charge in [0.1, 0.15) is 23.1 Å². The number of Topliss-reactive ketones (excluding diaryl/α,β-unsaturated/α-hetero) is 1. The normalized spacial score (nSPS) is 10.4. The molecule has 0 aliphatic rings. The number of aromatic carboxylic acids is 1. The molecule has 34 heavy (non-hydrogen) atoms. The minimum atomic E-state index is -1.55. The number of rotatable bonds is 12. The molecule has 7 nitrogen and oxygen atoms in total. The zero-order chi connectivity index (χ0) is 23.8. The molecule has 0 saturated heterocycles. The second kappa shape index (κ2) is 13.1. The topological polar surface area (TPSA) is 106 Å². The van der Waals surface area contributed by atoms with E-state index in [9.17, 15) is 19.5 Å². The molecule has 0 amide bonds. The first-order valence-corrected chi connectivity index (χ1v) is 10.7. The van der Waals surface area contributed by atoms with Crippen molar-refractivity contribution in [3.63, 3.8) is 0 Å². The summed E-state index contributed by atoms with van der Waals surface area (Å²) in [6, 6.07) is 11.2. The quantitative estimate of drug-likeness (QED) is 0.166. The van der Waals surface area contributed by atoms with Gasteiger partial charge in [-0.05, 0) is 69.0 Å². The maximum atomic E-state index is 12.2. The number of fused-ring (bicyclic) bond motifs is 1. The number of hydrogen-bond donors (Lipinski definition) is 0. The van der Waals surface area contributed by atoms with Gasteiger partial charge in [0.05, 0.1) is 18.6 Å².